The lowest BCUT2D eigenvalue weighted by Gasteiger charge is -2.21. The van der Waals surface area contributed by atoms with Crippen molar-refractivity contribution in [3.05, 3.63) is 0 Å². The Morgan fingerprint density at radius 2 is 2.00 bits per heavy atom. The van der Waals surface area contributed by atoms with E-state index in [9.17, 15) is 9.59 Å². The summed E-state index contributed by atoms with van der Waals surface area (Å²) in [5, 5.41) is 11.5. The number of rotatable bonds is 5. The van der Waals surface area contributed by atoms with Crippen molar-refractivity contribution in [2.45, 2.75) is 33.3 Å². The smallest absolute Gasteiger partial charge is 0.248 e. The van der Waals surface area contributed by atoms with Crippen molar-refractivity contribution in [3.63, 3.8) is 0 Å². The number of carbonyl (C=O) groups is 2. The molecule has 0 aromatic carbocycles. The van der Waals surface area contributed by atoms with Crippen LogP contribution in [0.3, 0.4) is 0 Å². The molecule has 0 aromatic rings. The maximum absolute atomic E-state index is 11.4. The average molecular weight is 202 g/mol. The van der Waals surface area contributed by atoms with Crippen LogP contribution < -0.4 is 11.1 Å². The lowest BCUT2D eigenvalue weighted by Crippen LogP contribution is -2.44. The largest absolute Gasteiger partial charge is 0.381 e. The van der Waals surface area contributed by atoms with Crippen molar-refractivity contribution in [3.8, 4) is 0 Å². The molecule has 0 aliphatic heterocycles. The average Bonchev–Trinajstić information content (AvgIpc) is 2.13. The molecule has 5 heteroatoms. The Morgan fingerprint density at radius 3 is 2.36 bits per heavy atom. The zero-order chi connectivity index (χ0) is 11.4. The van der Waals surface area contributed by atoms with Crippen molar-refractivity contribution < 1.29 is 14.7 Å². The van der Waals surface area contributed by atoms with Gasteiger partial charge in [-0.15, -0.1) is 0 Å². The Hall–Kier alpha value is -1.10. The molecule has 4 N–H and O–H groups in total. The van der Waals surface area contributed by atoms with Gasteiger partial charge >= 0.3 is 0 Å². The molecule has 2 amide bonds. The fraction of sp³-hybridized carbons (Fsp3) is 0.778. The van der Waals surface area contributed by atoms with Gasteiger partial charge in [0.2, 0.25) is 11.8 Å². The van der Waals surface area contributed by atoms with Gasteiger partial charge in [-0.1, -0.05) is 20.8 Å². The van der Waals surface area contributed by atoms with Crippen LogP contribution in [0.2, 0.25) is 0 Å². The van der Waals surface area contributed by atoms with Crippen LogP contribution in [-0.2, 0) is 9.59 Å². The minimum absolute atomic E-state index is 0.127. The monoisotopic (exact) mass is 202 g/mol. The Kier molecular flexibility index (Phi) is 4.56. The second-order valence-corrected chi connectivity index (χ2v) is 3.87. The first-order valence-corrected chi connectivity index (χ1v) is 4.57. The maximum atomic E-state index is 11.4. The van der Waals surface area contributed by atoms with Crippen molar-refractivity contribution in [2.24, 2.45) is 11.1 Å². The Morgan fingerprint density at radius 1 is 1.50 bits per heavy atom. The van der Waals surface area contributed by atoms with E-state index in [1.54, 1.807) is 13.8 Å². The van der Waals surface area contributed by atoms with E-state index >= 15 is 0 Å². The predicted octanol–water partition coefficient (Wildman–Crippen LogP) is -0.615. The number of hydrogen-bond donors (Lipinski definition) is 3. The highest BCUT2D eigenvalue weighted by Gasteiger charge is 2.25. The minimum Gasteiger partial charge on any atom is -0.381 e. The molecule has 0 radical (unpaired) electrons. The topological polar surface area (TPSA) is 92.4 Å². The molecule has 0 fully saturated rings. The molecule has 0 saturated heterocycles. The maximum Gasteiger partial charge on any atom is 0.248 e. The van der Waals surface area contributed by atoms with Crippen LogP contribution in [-0.4, -0.2) is 29.6 Å². The number of hydrogen-bond acceptors (Lipinski definition) is 3. The summed E-state index contributed by atoms with van der Waals surface area (Å²) in [6.45, 7) is 5.35. The Balaban J connectivity index is 4.03. The molecule has 0 aliphatic rings. The first-order chi connectivity index (χ1) is 6.31. The predicted molar refractivity (Wildman–Crippen MR) is 52.3 cm³/mol. The molecule has 1 unspecified atom stereocenters. The molecule has 5 nitrogen and oxygen atoms in total. The molecular weight excluding hydrogens is 184 g/mol. The van der Waals surface area contributed by atoms with Crippen LogP contribution in [0.5, 0.6) is 0 Å². The number of carbonyl (C=O) groups excluding carboxylic acids is 2. The van der Waals surface area contributed by atoms with Gasteiger partial charge in [-0.05, 0) is 6.42 Å². The standard InChI is InChI=1S/C9H18N2O3/c1-4-9(2,3)8(14)11-5-6(12)7(10)13/h6,12H,4-5H2,1-3H3,(H2,10,13)(H,11,14). The zero-order valence-corrected chi connectivity index (χ0v) is 8.83. The first-order valence-electron chi connectivity index (χ1n) is 4.57. The number of aliphatic hydroxyl groups is 1. The van der Waals surface area contributed by atoms with Gasteiger partial charge in [0.25, 0.3) is 0 Å². The van der Waals surface area contributed by atoms with E-state index in [1.807, 2.05) is 6.92 Å². The quantitative estimate of drug-likeness (QED) is 0.555. The number of nitrogens with two attached hydrogens (primary N) is 1. The molecule has 0 aliphatic carbocycles. The van der Waals surface area contributed by atoms with Gasteiger partial charge in [0, 0.05) is 5.41 Å². The van der Waals surface area contributed by atoms with Crippen LogP contribution >= 0.6 is 0 Å². The molecule has 0 saturated carbocycles. The van der Waals surface area contributed by atoms with Crippen molar-refractivity contribution in [2.75, 3.05) is 6.54 Å². The van der Waals surface area contributed by atoms with E-state index in [2.05, 4.69) is 5.32 Å². The van der Waals surface area contributed by atoms with Gasteiger partial charge in [-0.25, -0.2) is 0 Å². The van der Waals surface area contributed by atoms with Crippen LogP contribution in [0.25, 0.3) is 0 Å². The number of aliphatic hydroxyl groups excluding tert-OH is 1. The zero-order valence-electron chi connectivity index (χ0n) is 8.83. The normalized spacial score (nSPS) is 13.4. The van der Waals surface area contributed by atoms with Crippen LogP contribution in [0.1, 0.15) is 27.2 Å². The molecule has 0 heterocycles. The summed E-state index contributed by atoms with van der Waals surface area (Å²) in [6.07, 6.45) is -0.627. The molecule has 0 aromatic heterocycles. The fourth-order valence-electron chi connectivity index (χ4n) is 0.690. The summed E-state index contributed by atoms with van der Waals surface area (Å²) in [7, 11) is 0. The van der Waals surface area contributed by atoms with Gasteiger partial charge in [0.05, 0.1) is 6.54 Å². The SMILES string of the molecule is CCC(C)(C)C(=O)NCC(O)C(N)=O. The number of nitrogens with one attached hydrogen (secondary N) is 1. The van der Waals surface area contributed by atoms with Gasteiger partial charge in [0.15, 0.2) is 0 Å². The van der Waals surface area contributed by atoms with Gasteiger partial charge in [-0.3, -0.25) is 9.59 Å². The Labute approximate surface area is 83.7 Å². The summed E-state index contributed by atoms with van der Waals surface area (Å²) in [4.78, 5) is 21.9. The molecular formula is C9H18N2O3. The summed E-state index contributed by atoms with van der Waals surface area (Å²) in [5.74, 6) is -1.03. The molecule has 0 rings (SSSR count). The molecule has 82 valence electrons. The highest BCUT2D eigenvalue weighted by molar-refractivity contribution is 5.83. The summed E-state index contributed by atoms with van der Waals surface area (Å²) >= 11 is 0. The molecule has 0 bridgehead atoms. The van der Waals surface area contributed by atoms with E-state index in [4.69, 9.17) is 10.8 Å². The summed E-state index contributed by atoms with van der Waals surface area (Å²) in [6, 6.07) is 0. The van der Waals surface area contributed by atoms with E-state index in [-0.39, 0.29) is 12.5 Å². The van der Waals surface area contributed by atoms with Gasteiger partial charge < -0.3 is 16.2 Å². The Bertz CT molecular complexity index is 226. The highest BCUT2D eigenvalue weighted by Crippen LogP contribution is 2.19. The summed E-state index contributed by atoms with van der Waals surface area (Å²) in [5.41, 5.74) is 4.33. The minimum atomic E-state index is -1.31. The third kappa shape index (κ3) is 3.74. The second-order valence-electron chi connectivity index (χ2n) is 3.87. The second kappa shape index (κ2) is 4.95. The third-order valence-corrected chi connectivity index (χ3v) is 2.28. The van der Waals surface area contributed by atoms with Crippen LogP contribution in [0.4, 0.5) is 0 Å². The van der Waals surface area contributed by atoms with Crippen molar-refractivity contribution >= 4 is 11.8 Å². The van der Waals surface area contributed by atoms with Gasteiger partial charge in [-0.2, -0.15) is 0 Å². The molecule has 14 heavy (non-hydrogen) atoms. The van der Waals surface area contributed by atoms with E-state index in [0.717, 1.165) is 0 Å². The lowest BCUT2D eigenvalue weighted by atomic mass is 9.89. The van der Waals surface area contributed by atoms with Crippen molar-refractivity contribution in [1.29, 1.82) is 0 Å². The number of amides is 2. The van der Waals surface area contributed by atoms with E-state index in [0.29, 0.717) is 6.42 Å². The van der Waals surface area contributed by atoms with E-state index in [1.165, 1.54) is 0 Å². The lowest BCUT2D eigenvalue weighted by molar-refractivity contribution is -0.131. The molecule has 1 atom stereocenters. The number of primary amides is 1. The van der Waals surface area contributed by atoms with Crippen LogP contribution in [0, 0.1) is 5.41 Å². The van der Waals surface area contributed by atoms with Crippen LogP contribution in [0.15, 0.2) is 0 Å². The third-order valence-electron chi connectivity index (χ3n) is 2.28. The molecule has 0 spiro atoms. The highest BCUT2D eigenvalue weighted by atomic mass is 16.3. The fourth-order valence-corrected chi connectivity index (χ4v) is 0.690. The van der Waals surface area contributed by atoms with Crippen molar-refractivity contribution in [1.82, 2.24) is 5.32 Å². The first kappa shape index (κ1) is 12.9. The summed E-state index contributed by atoms with van der Waals surface area (Å²) < 4.78 is 0. The van der Waals surface area contributed by atoms with Gasteiger partial charge in [0.1, 0.15) is 6.10 Å². The van der Waals surface area contributed by atoms with E-state index < -0.39 is 17.4 Å².